The second-order valence-corrected chi connectivity index (χ2v) is 3.83. The molecule has 90 valence electrons. The van der Waals surface area contributed by atoms with Crippen molar-refractivity contribution >= 4 is 11.9 Å². The highest BCUT2D eigenvalue weighted by Gasteiger charge is 2.21. The summed E-state index contributed by atoms with van der Waals surface area (Å²) in [4.78, 5) is 14.6. The first-order valence-electron chi connectivity index (χ1n) is 5.36. The molecule has 17 heavy (non-hydrogen) atoms. The predicted molar refractivity (Wildman–Crippen MR) is 61.1 cm³/mol. The van der Waals surface area contributed by atoms with E-state index in [0.717, 1.165) is 5.56 Å². The molecule has 2 N–H and O–H groups in total. The average Bonchev–Trinajstić information content (AvgIpc) is 2.75. The fraction of sp³-hybridized carbons (Fsp3) is 0.333. The van der Waals surface area contributed by atoms with Crippen LogP contribution < -0.4 is 0 Å². The van der Waals surface area contributed by atoms with Gasteiger partial charge in [-0.2, -0.15) is 0 Å². The number of aromatic hydroxyl groups is 1. The normalized spacial score (nSPS) is 18.6. The van der Waals surface area contributed by atoms with Gasteiger partial charge < -0.3 is 14.9 Å². The van der Waals surface area contributed by atoms with Gasteiger partial charge in [0.25, 0.3) is 0 Å². The maximum atomic E-state index is 10.4. The van der Waals surface area contributed by atoms with E-state index in [2.05, 4.69) is 4.99 Å². The van der Waals surface area contributed by atoms with Gasteiger partial charge in [0, 0.05) is 6.42 Å². The van der Waals surface area contributed by atoms with E-state index in [1.165, 1.54) is 0 Å². The van der Waals surface area contributed by atoms with Crippen LogP contribution in [0.3, 0.4) is 0 Å². The predicted octanol–water partition coefficient (Wildman–Crippen LogP) is 1.73. The number of rotatable bonds is 4. The third kappa shape index (κ3) is 2.96. The van der Waals surface area contributed by atoms with Gasteiger partial charge >= 0.3 is 5.97 Å². The molecule has 0 aromatic heterocycles. The first kappa shape index (κ1) is 11.4. The van der Waals surface area contributed by atoms with Gasteiger partial charge in [0.1, 0.15) is 11.9 Å². The number of hydrogen-bond donors (Lipinski definition) is 2. The Balaban J connectivity index is 1.94. The molecule has 0 saturated carbocycles. The number of carbonyl (C=O) groups is 1. The number of benzene rings is 1. The Morgan fingerprint density at radius 2 is 2.35 bits per heavy atom. The summed E-state index contributed by atoms with van der Waals surface area (Å²) < 4.78 is 5.53. The largest absolute Gasteiger partial charge is 0.508 e. The number of hydrogen-bond acceptors (Lipinski definition) is 4. The second kappa shape index (κ2) is 4.86. The molecule has 0 bridgehead atoms. The third-order valence-corrected chi connectivity index (χ3v) is 2.51. The highest BCUT2D eigenvalue weighted by Crippen LogP contribution is 2.26. The van der Waals surface area contributed by atoms with Crippen LogP contribution in [0.25, 0.3) is 0 Å². The highest BCUT2D eigenvalue weighted by molar-refractivity contribution is 5.81. The van der Waals surface area contributed by atoms with Gasteiger partial charge in [-0.1, -0.05) is 12.1 Å². The maximum Gasteiger partial charge on any atom is 0.303 e. The van der Waals surface area contributed by atoms with Gasteiger partial charge in [-0.05, 0) is 17.7 Å². The molecule has 1 aromatic carbocycles. The first-order valence-corrected chi connectivity index (χ1v) is 5.36. The van der Waals surface area contributed by atoms with Crippen molar-refractivity contribution in [2.24, 2.45) is 4.99 Å². The van der Waals surface area contributed by atoms with Crippen molar-refractivity contribution < 1.29 is 19.7 Å². The lowest BCUT2D eigenvalue weighted by molar-refractivity contribution is -0.136. The maximum absolute atomic E-state index is 10.4. The lowest BCUT2D eigenvalue weighted by Crippen LogP contribution is -2.07. The zero-order chi connectivity index (χ0) is 12.3. The number of carboxylic acid groups (broad SMARTS) is 1. The van der Waals surface area contributed by atoms with E-state index < -0.39 is 5.97 Å². The van der Waals surface area contributed by atoms with Crippen LogP contribution in [0.2, 0.25) is 0 Å². The van der Waals surface area contributed by atoms with Crippen LogP contribution >= 0.6 is 0 Å². The Morgan fingerprint density at radius 1 is 1.53 bits per heavy atom. The molecular weight excluding hydrogens is 222 g/mol. The van der Waals surface area contributed by atoms with Crippen LogP contribution in [0, 0.1) is 0 Å². The van der Waals surface area contributed by atoms with E-state index in [-0.39, 0.29) is 18.3 Å². The van der Waals surface area contributed by atoms with E-state index in [4.69, 9.17) is 9.84 Å². The number of carboxylic acids is 1. The number of aliphatic imine (C=N–C) groups is 1. The second-order valence-electron chi connectivity index (χ2n) is 3.83. The summed E-state index contributed by atoms with van der Waals surface area (Å²) in [6, 6.07) is 6.80. The number of nitrogens with zero attached hydrogens (tertiary/aromatic N) is 1. The number of phenolic OH excluding ortho intramolecular Hbond substituents is 1. The molecule has 1 aliphatic heterocycles. The van der Waals surface area contributed by atoms with Gasteiger partial charge in [-0.15, -0.1) is 0 Å². The molecule has 5 heteroatoms. The molecule has 0 fully saturated rings. The summed E-state index contributed by atoms with van der Waals surface area (Å²) in [6.45, 7) is 0.471. The standard InChI is InChI=1S/C12H13NO4/c14-9-3-1-2-8(6-9)10-7-13-11(17-10)4-5-12(15)16/h1-3,6,10,14H,4-5,7H2,(H,15,16). The summed E-state index contributed by atoms with van der Waals surface area (Å²) in [7, 11) is 0. The lowest BCUT2D eigenvalue weighted by atomic mass is 10.1. The van der Waals surface area contributed by atoms with E-state index in [0.29, 0.717) is 18.9 Å². The Bertz CT molecular complexity index is 456. The van der Waals surface area contributed by atoms with Crippen LogP contribution in [0.4, 0.5) is 0 Å². The molecule has 1 aromatic rings. The van der Waals surface area contributed by atoms with Crippen LogP contribution in [-0.2, 0) is 9.53 Å². The molecule has 0 spiro atoms. The summed E-state index contributed by atoms with van der Waals surface area (Å²) in [5.41, 5.74) is 0.846. The van der Waals surface area contributed by atoms with Gasteiger partial charge in [0.15, 0.2) is 5.90 Å². The zero-order valence-corrected chi connectivity index (χ0v) is 9.17. The topological polar surface area (TPSA) is 79.1 Å². The van der Waals surface area contributed by atoms with Crippen molar-refractivity contribution in [2.75, 3.05) is 6.54 Å². The Kier molecular flexibility index (Phi) is 3.27. The summed E-state index contributed by atoms with van der Waals surface area (Å²) >= 11 is 0. The highest BCUT2D eigenvalue weighted by atomic mass is 16.5. The monoisotopic (exact) mass is 235 g/mol. The van der Waals surface area contributed by atoms with E-state index in [1.807, 2.05) is 6.07 Å². The molecule has 5 nitrogen and oxygen atoms in total. The third-order valence-electron chi connectivity index (χ3n) is 2.51. The Labute approximate surface area is 98.4 Å². The van der Waals surface area contributed by atoms with Crippen LogP contribution in [0.5, 0.6) is 5.75 Å². The average molecular weight is 235 g/mol. The fourth-order valence-corrected chi connectivity index (χ4v) is 1.67. The van der Waals surface area contributed by atoms with Crippen molar-refractivity contribution in [2.45, 2.75) is 18.9 Å². The molecule has 1 atom stereocenters. The van der Waals surface area contributed by atoms with Crippen LogP contribution in [-0.4, -0.2) is 28.6 Å². The molecular formula is C12H13NO4. The quantitative estimate of drug-likeness (QED) is 0.832. The molecule has 0 aliphatic carbocycles. The molecule has 0 saturated heterocycles. The summed E-state index contributed by atoms with van der Waals surface area (Å²) in [6.07, 6.45) is 0.113. The minimum atomic E-state index is -0.864. The van der Waals surface area contributed by atoms with Crippen molar-refractivity contribution in [3.8, 4) is 5.75 Å². The molecule has 2 rings (SSSR count). The van der Waals surface area contributed by atoms with Gasteiger partial charge in [0.2, 0.25) is 0 Å². The summed E-state index contributed by atoms with van der Waals surface area (Å²) in [5, 5.41) is 17.9. The number of aliphatic carboxylic acids is 1. The molecule has 1 unspecified atom stereocenters. The number of ether oxygens (including phenoxy) is 1. The van der Waals surface area contributed by atoms with Gasteiger partial charge in [0.05, 0.1) is 13.0 Å². The van der Waals surface area contributed by atoms with Crippen LogP contribution in [0.15, 0.2) is 29.3 Å². The number of phenols is 1. The van der Waals surface area contributed by atoms with Crippen LogP contribution in [0.1, 0.15) is 24.5 Å². The SMILES string of the molecule is O=C(O)CCC1=NCC(c2cccc(O)c2)O1. The van der Waals surface area contributed by atoms with Crippen molar-refractivity contribution in [1.29, 1.82) is 0 Å². The summed E-state index contributed by atoms with van der Waals surface area (Å²) in [5.74, 6) is -0.206. The molecule has 0 radical (unpaired) electrons. The minimum Gasteiger partial charge on any atom is -0.508 e. The Morgan fingerprint density at radius 3 is 3.06 bits per heavy atom. The van der Waals surface area contributed by atoms with E-state index in [9.17, 15) is 9.90 Å². The zero-order valence-electron chi connectivity index (χ0n) is 9.17. The Hall–Kier alpha value is -2.04. The van der Waals surface area contributed by atoms with Gasteiger partial charge in [-0.3, -0.25) is 9.79 Å². The molecule has 0 amide bonds. The van der Waals surface area contributed by atoms with E-state index >= 15 is 0 Å². The van der Waals surface area contributed by atoms with Crippen molar-refractivity contribution in [3.63, 3.8) is 0 Å². The lowest BCUT2D eigenvalue weighted by Gasteiger charge is -2.11. The smallest absolute Gasteiger partial charge is 0.303 e. The first-order chi connectivity index (χ1) is 8.15. The van der Waals surface area contributed by atoms with Crippen molar-refractivity contribution in [1.82, 2.24) is 0 Å². The minimum absolute atomic E-state index is 0.0194. The molecule has 1 aliphatic rings. The van der Waals surface area contributed by atoms with Crippen molar-refractivity contribution in [3.05, 3.63) is 29.8 Å². The molecule has 1 heterocycles. The fourth-order valence-electron chi connectivity index (χ4n) is 1.67. The van der Waals surface area contributed by atoms with Gasteiger partial charge in [-0.25, -0.2) is 0 Å². The van der Waals surface area contributed by atoms with E-state index in [1.54, 1.807) is 18.2 Å².